The Morgan fingerprint density at radius 1 is 1.17 bits per heavy atom. The number of nitrogens with zero attached hydrogens (tertiary/aromatic N) is 3. The smallest absolute Gasteiger partial charge is 0.243 e. The lowest BCUT2D eigenvalue weighted by Gasteiger charge is -2.38. The molecule has 1 atom stereocenters. The van der Waals surface area contributed by atoms with E-state index in [1.54, 1.807) is 28.0 Å². The van der Waals surface area contributed by atoms with Crippen LogP contribution in [0.3, 0.4) is 0 Å². The highest BCUT2D eigenvalue weighted by Crippen LogP contribution is 2.33. The van der Waals surface area contributed by atoms with Gasteiger partial charge in [0.05, 0.1) is 6.54 Å². The summed E-state index contributed by atoms with van der Waals surface area (Å²) in [5.41, 5.74) is 1.38. The minimum Gasteiger partial charge on any atom is -0.348 e. The predicted molar refractivity (Wildman–Crippen MR) is 111 cm³/mol. The molecule has 1 aliphatic heterocycles. The maximum Gasteiger partial charge on any atom is 0.243 e. The molecule has 0 spiro atoms. The molecule has 1 aromatic heterocycles. The van der Waals surface area contributed by atoms with Crippen LogP contribution in [0.5, 0.6) is 0 Å². The molecule has 0 saturated heterocycles. The van der Waals surface area contributed by atoms with Crippen molar-refractivity contribution in [1.82, 2.24) is 14.4 Å². The van der Waals surface area contributed by atoms with Crippen molar-refractivity contribution in [2.24, 2.45) is 5.92 Å². The summed E-state index contributed by atoms with van der Waals surface area (Å²) < 4.78 is 16.7. The van der Waals surface area contributed by atoms with E-state index in [0.29, 0.717) is 31.6 Å². The van der Waals surface area contributed by atoms with Gasteiger partial charge in [-0.3, -0.25) is 9.59 Å². The van der Waals surface area contributed by atoms with E-state index in [1.807, 2.05) is 39.1 Å². The Labute approximate surface area is 172 Å². The molecule has 5 nitrogen and oxygen atoms in total. The lowest BCUT2D eigenvalue weighted by atomic mass is 9.99. The summed E-state index contributed by atoms with van der Waals surface area (Å²) in [4.78, 5) is 29.3. The number of benzene rings is 1. The van der Waals surface area contributed by atoms with E-state index in [-0.39, 0.29) is 30.1 Å². The minimum atomic E-state index is -0.490. The molecule has 156 valence electrons. The lowest BCUT2D eigenvalue weighted by Crippen LogP contribution is -2.48. The molecule has 0 fully saturated rings. The molecule has 0 bridgehead atoms. The zero-order valence-corrected chi connectivity index (χ0v) is 17.5. The fourth-order valence-electron chi connectivity index (χ4n) is 3.97. The molecule has 1 unspecified atom stereocenters. The molecule has 0 N–H and O–H groups in total. The summed E-state index contributed by atoms with van der Waals surface area (Å²) in [6.45, 7) is 7.71. The molecule has 0 radical (unpaired) electrons. The quantitative estimate of drug-likeness (QED) is 0.710. The number of hydrogen-bond donors (Lipinski definition) is 0. The predicted octanol–water partition coefficient (Wildman–Crippen LogP) is 3.84. The van der Waals surface area contributed by atoms with Crippen LogP contribution in [0.4, 0.5) is 4.39 Å². The summed E-state index contributed by atoms with van der Waals surface area (Å²) in [6.07, 6.45) is 3.17. The number of carbonyl (C=O) groups is 2. The molecule has 0 saturated carbocycles. The van der Waals surface area contributed by atoms with Gasteiger partial charge in [-0.05, 0) is 30.5 Å². The third-order valence-corrected chi connectivity index (χ3v) is 5.31. The monoisotopic (exact) mass is 399 g/mol. The van der Waals surface area contributed by atoms with Crippen LogP contribution in [0.25, 0.3) is 0 Å². The van der Waals surface area contributed by atoms with E-state index in [1.165, 1.54) is 6.07 Å². The van der Waals surface area contributed by atoms with Crippen LogP contribution in [0.2, 0.25) is 0 Å². The van der Waals surface area contributed by atoms with Crippen molar-refractivity contribution in [3.63, 3.8) is 0 Å². The summed E-state index contributed by atoms with van der Waals surface area (Å²) in [5.74, 6) is -0.234. The molecule has 29 heavy (non-hydrogen) atoms. The van der Waals surface area contributed by atoms with Gasteiger partial charge in [0.2, 0.25) is 11.8 Å². The highest BCUT2D eigenvalue weighted by Gasteiger charge is 2.34. The summed E-state index contributed by atoms with van der Waals surface area (Å²) in [5, 5.41) is 0. The molecule has 2 heterocycles. The van der Waals surface area contributed by atoms with Crippen LogP contribution in [-0.2, 0) is 16.1 Å². The van der Waals surface area contributed by atoms with Crippen LogP contribution < -0.4 is 0 Å². The molecule has 1 aliphatic rings. The second-order valence-corrected chi connectivity index (χ2v) is 8.05. The van der Waals surface area contributed by atoms with E-state index in [4.69, 9.17) is 0 Å². The van der Waals surface area contributed by atoms with Crippen molar-refractivity contribution in [2.45, 2.75) is 46.2 Å². The Balaban J connectivity index is 1.88. The van der Waals surface area contributed by atoms with Crippen molar-refractivity contribution in [1.29, 1.82) is 0 Å². The Morgan fingerprint density at radius 2 is 1.93 bits per heavy atom. The van der Waals surface area contributed by atoms with Gasteiger partial charge in [-0.2, -0.15) is 0 Å². The Morgan fingerprint density at radius 3 is 2.62 bits per heavy atom. The van der Waals surface area contributed by atoms with E-state index in [0.717, 1.165) is 12.1 Å². The van der Waals surface area contributed by atoms with Crippen molar-refractivity contribution in [3.8, 4) is 0 Å². The van der Waals surface area contributed by atoms with Gasteiger partial charge >= 0.3 is 0 Å². The largest absolute Gasteiger partial charge is 0.348 e. The first kappa shape index (κ1) is 21.1. The number of fused-ring (bicyclic) bond motifs is 1. The molecule has 0 aliphatic carbocycles. The van der Waals surface area contributed by atoms with Gasteiger partial charge < -0.3 is 14.4 Å². The summed E-state index contributed by atoms with van der Waals surface area (Å²) in [6, 6.07) is 9.97. The van der Waals surface area contributed by atoms with Crippen molar-refractivity contribution < 1.29 is 14.0 Å². The average Bonchev–Trinajstić information content (AvgIpc) is 3.15. The number of hydrogen-bond acceptors (Lipinski definition) is 2. The molecular weight excluding hydrogens is 369 g/mol. The van der Waals surface area contributed by atoms with E-state index in [2.05, 4.69) is 4.57 Å². The maximum absolute atomic E-state index is 14.7. The van der Waals surface area contributed by atoms with Crippen molar-refractivity contribution >= 4 is 11.8 Å². The third kappa shape index (κ3) is 4.69. The number of carbonyl (C=O) groups excluding carboxylic acids is 2. The topological polar surface area (TPSA) is 45.6 Å². The molecule has 3 rings (SSSR count). The van der Waals surface area contributed by atoms with Gasteiger partial charge in [0.25, 0.3) is 0 Å². The van der Waals surface area contributed by atoms with Gasteiger partial charge in [0, 0.05) is 43.5 Å². The summed E-state index contributed by atoms with van der Waals surface area (Å²) in [7, 11) is 0. The first-order chi connectivity index (χ1) is 13.9. The SMILES string of the molecule is CCCN(CC(=O)N1CCn2cccc2C1c1ccccc1F)C(=O)CC(C)C. The average molecular weight is 400 g/mol. The van der Waals surface area contributed by atoms with Crippen molar-refractivity contribution in [3.05, 3.63) is 59.7 Å². The number of rotatable bonds is 7. The van der Waals surface area contributed by atoms with Gasteiger partial charge in [-0.25, -0.2) is 4.39 Å². The number of halogens is 1. The van der Waals surface area contributed by atoms with Crippen LogP contribution >= 0.6 is 0 Å². The standard InChI is InChI=1S/C23H30FN3O2/c1-4-11-26(21(28)15-17(2)3)16-22(29)27-14-13-25-12-7-10-20(25)23(27)18-8-5-6-9-19(18)24/h5-10,12,17,23H,4,11,13-16H2,1-3H3. The zero-order chi connectivity index (χ0) is 21.0. The molecular formula is C23H30FN3O2. The maximum atomic E-state index is 14.7. The Kier molecular flexibility index (Phi) is 6.72. The Bertz CT molecular complexity index is 861. The fraction of sp³-hybridized carbons (Fsp3) is 0.478. The highest BCUT2D eigenvalue weighted by molar-refractivity contribution is 5.85. The van der Waals surface area contributed by atoms with Crippen LogP contribution in [0, 0.1) is 11.7 Å². The second-order valence-electron chi connectivity index (χ2n) is 8.05. The van der Waals surface area contributed by atoms with E-state index in [9.17, 15) is 14.0 Å². The third-order valence-electron chi connectivity index (χ3n) is 5.31. The van der Waals surface area contributed by atoms with Gasteiger partial charge in [0.1, 0.15) is 11.9 Å². The Hall–Kier alpha value is -2.63. The first-order valence-electron chi connectivity index (χ1n) is 10.4. The van der Waals surface area contributed by atoms with E-state index < -0.39 is 6.04 Å². The summed E-state index contributed by atoms with van der Waals surface area (Å²) >= 11 is 0. The zero-order valence-electron chi connectivity index (χ0n) is 17.5. The van der Waals surface area contributed by atoms with Gasteiger partial charge in [-0.15, -0.1) is 0 Å². The van der Waals surface area contributed by atoms with Crippen molar-refractivity contribution in [2.75, 3.05) is 19.6 Å². The van der Waals surface area contributed by atoms with Crippen LogP contribution in [0.1, 0.15) is 50.9 Å². The second kappa shape index (κ2) is 9.25. The fourth-order valence-corrected chi connectivity index (χ4v) is 3.97. The highest BCUT2D eigenvalue weighted by atomic mass is 19.1. The van der Waals surface area contributed by atoms with E-state index >= 15 is 0 Å². The first-order valence-corrected chi connectivity index (χ1v) is 10.4. The van der Waals surface area contributed by atoms with Crippen LogP contribution in [0.15, 0.2) is 42.6 Å². The number of amides is 2. The number of aromatic nitrogens is 1. The lowest BCUT2D eigenvalue weighted by molar-refractivity contribution is -0.142. The molecule has 6 heteroatoms. The minimum absolute atomic E-state index is 0.00183. The molecule has 1 aromatic carbocycles. The van der Waals surface area contributed by atoms with Gasteiger partial charge in [-0.1, -0.05) is 39.0 Å². The van der Waals surface area contributed by atoms with Crippen LogP contribution in [-0.4, -0.2) is 45.8 Å². The molecule has 2 aromatic rings. The van der Waals surface area contributed by atoms with Gasteiger partial charge in [0.15, 0.2) is 0 Å². The molecule has 2 amide bonds. The normalized spacial score (nSPS) is 16.0.